The van der Waals surface area contributed by atoms with Crippen molar-refractivity contribution < 1.29 is 9.18 Å². The molecule has 0 aliphatic rings. The van der Waals surface area contributed by atoms with Crippen LogP contribution in [0.4, 0.5) is 10.1 Å². The van der Waals surface area contributed by atoms with E-state index < -0.39 is 28.7 Å². The molecule has 0 unspecified atom stereocenters. The molecule has 0 fully saturated rings. The lowest BCUT2D eigenvalue weighted by Crippen LogP contribution is -2.43. The fourth-order valence-corrected chi connectivity index (χ4v) is 2.38. The molecule has 8 heteroatoms. The SMILES string of the molecule is Cc1cccc(NC(=O)c2nn(-c3ccc(F)cc3)c(=O)n(C)c2=O)c1. The maximum atomic E-state index is 13.1. The van der Waals surface area contributed by atoms with Crippen molar-refractivity contribution in [3.8, 4) is 5.69 Å². The zero-order valence-corrected chi connectivity index (χ0v) is 14.1. The summed E-state index contributed by atoms with van der Waals surface area (Å²) in [7, 11) is 1.25. The van der Waals surface area contributed by atoms with Gasteiger partial charge in [0.2, 0.25) is 5.69 Å². The summed E-state index contributed by atoms with van der Waals surface area (Å²) in [5.41, 5.74) is -0.347. The van der Waals surface area contributed by atoms with E-state index in [1.807, 2.05) is 13.0 Å². The monoisotopic (exact) mass is 354 g/mol. The number of hydrogen-bond donors (Lipinski definition) is 1. The van der Waals surface area contributed by atoms with Crippen molar-refractivity contribution >= 4 is 11.6 Å². The molecule has 0 bridgehead atoms. The van der Waals surface area contributed by atoms with Crippen molar-refractivity contribution in [1.82, 2.24) is 14.3 Å². The van der Waals surface area contributed by atoms with Gasteiger partial charge >= 0.3 is 5.69 Å². The molecule has 0 saturated heterocycles. The highest BCUT2D eigenvalue weighted by Crippen LogP contribution is 2.10. The molecule has 26 heavy (non-hydrogen) atoms. The van der Waals surface area contributed by atoms with E-state index in [1.165, 1.54) is 19.2 Å². The van der Waals surface area contributed by atoms with E-state index in [2.05, 4.69) is 10.4 Å². The molecule has 132 valence electrons. The Kier molecular flexibility index (Phi) is 4.49. The molecule has 0 aliphatic heterocycles. The van der Waals surface area contributed by atoms with Crippen LogP contribution < -0.4 is 16.6 Å². The van der Waals surface area contributed by atoms with E-state index in [1.54, 1.807) is 18.2 Å². The fraction of sp³-hybridized carbons (Fsp3) is 0.111. The second kappa shape index (κ2) is 6.75. The largest absolute Gasteiger partial charge is 0.351 e. The highest BCUT2D eigenvalue weighted by Gasteiger charge is 2.19. The molecule has 1 aromatic heterocycles. The smallest absolute Gasteiger partial charge is 0.320 e. The quantitative estimate of drug-likeness (QED) is 0.775. The lowest BCUT2D eigenvalue weighted by Gasteiger charge is -2.10. The van der Waals surface area contributed by atoms with Crippen LogP contribution in [0.15, 0.2) is 58.1 Å². The van der Waals surface area contributed by atoms with Gasteiger partial charge in [-0.25, -0.2) is 9.18 Å². The Morgan fingerprint density at radius 1 is 1.12 bits per heavy atom. The first-order valence-corrected chi connectivity index (χ1v) is 7.71. The third-order valence-electron chi connectivity index (χ3n) is 3.74. The van der Waals surface area contributed by atoms with Gasteiger partial charge in [-0.05, 0) is 48.9 Å². The number of amides is 1. The topological polar surface area (TPSA) is 86.0 Å². The first kappa shape index (κ1) is 17.3. The van der Waals surface area contributed by atoms with Gasteiger partial charge < -0.3 is 5.32 Å². The van der Waals surface area contributed by atoms with E-state index in [-0.39, 0.29) is 5.69 Å². The van der Waals surface area contributed by atoms with Gasteiger partial charge in [0, 0.05) is 12.7 Å². The number of aryl methyl sites for hydroxylation is 1. The number of benzene rings is 2. The van der Waals surface area contributed by atoms with E-state index >= 15 is 0 Å². The number of anilines is 1. The molecular weight excluding hydrogens is 339 g/mol. The van der Waals surface area contributed by atoms with Crippen LogP contribution in [-0.2, 0) is 7.05 Å². The van der Waals surface area contributed by atoms with Crippen molar-refractivity contribution in [1.29, 1.82) is 0 Å². The molecule has 1 N–H and O–H groups in total. The molecule has 1 amide bonds. The fourth-order valence-electron chi connectivity index (χ4n) is 2.38. The standard InChI is InChI=1S/C18H15FN4O3/c1-11-4-3-5-13(10-11)20-16(24)15-17(25)22(2)18(26)23(21-15)14-8-6-12(19)7-9-14/h3-10H,1-2H3,(H,20,24). The highest BCUT2D eigenvalue weighted by atomic mass is 19.1. The van der Waals surface area contributed by atoms with Crippen molar-refractivity contribution in [2.45, 2.75) is 6.92 Å². The first-order chi connectivity index (χ1) is 12.4. The van der Waals surface area contributed by atoms with Crippen LogP contribution in [0.1, 0.15) is 16.1 Å². The van der Waals surface area contributed by atoms with E-state index in [9.17, 15) is 18.8 Å². The third kappa shape index (κ3) is 3.30. The van der Waals surface area contributed by atoms with Crippen LogP contribution in [0.25, 0.3) is 5.69 Å². The zero-order valence-electron chi connectivity index (χ0n) is 14.1. The summed E-state index contributed by atoms with van der Waals surface area (Å²) >= 11 is 0. The summed E-state index contributed by atoms with van der Waals surface area (Å²) in [5, 5.41) is 6.47. The average molecular weight is 354 g/mol. The summed E-state index contributed by atoms with van der Waals surface area (Å²) in [6.07, 6.45) is 0. The van der Waals surface area contributed by atoms with E-state index in [0.29, 0.717) is 5.69 Å². The van der Waals surface area contributed by atoms with Gasteiger partial charge in [0.25, 0.3) is 11.5 Å². The zero-order chi connectivity index (χ0) is 18.8. The second-order valence-electron chi connectivity index (χ2n) is 5.71. The number of halogens is 1. The number of nitrogens with one attached hydrogen (secondary N) is 1. The Morgan fingerprint density at radius 3 is 2.46 bits per heavy atom. The number of carbonyl (C=O) groups is 1. The Bertz CT molecular complexity index is 1100. The van der Waals surface area contributed by atoms with Gasteiger partial charge in [0.15, 0.2) is 0 Å². The number of rotatable bonds is 3. The van der Waals surface area contributed by atoms with Crippen molar-refractivity contribution in [2.75, 3.05) is 5.32 Å². The molecule has 1 heterocycles. The highest BCUT2D eigenvalue weighted by molar-refractivity contribution is 6.02. The van der Waals surface area contributed by atoms with Crippen LogP contribution in [0.2, 0.25) is 0 Å². The molecule has 3 rings (SSSR count). The molecule has 0 atom stereocenters. The molecule has 0 saturated carbocycles. The van der Waals surface area contributed by atoms with Crippen LogP contribution >= 0.6 is 0 Å². The van der Waals surface area contributed by atoms with Crippen LogP contribution in [0.5, 0.6) is 0 Å². The lowest BCUT2D eigenvalue weighted by molar-refractivity contribution is 0.101. The Labute approximate surface area is 147 Å². The average Bonchev–Trinajstić information content (AvgIpc) is 2.61. The Hall–Kier alpha value is -3.55. The van der Waals surface area contributed by atoms with Crippen LogP contribution in [0.3, 0.4) is 0 Å². The van der Waals surface area contributed by atoms with Gasteiger partial charge in [-0.15, -0.1) is 0 Å². The molecule has 0 radical (unpaired) electrons. The van der Waals surface area contributed by atoms with Gasteiger partial charge in [-0.2, -0.15) is 9.78 Å². The number of nitrogens with zero attached hydrogens (tertiary/aromatic N) is 3. The minimum Gasteiger partial charge on any atom is -0.320 e. The molecule has 7 nitrogen and oxygen atoms in total. The van der Waals surface area contributed by atoms with Crippen molar-refractivity contribution in [3.63, 3.8) is 0 Å². The Balaban J connectivity index is 2.07. The summed E-state index contributed by atoms with van der Waals surface area (Å²) in [6.45, 7) is 1.86. The van der Waals surface area contributed by atoms with E-state index in [0.717, 1.165) is 26.9 Å². The van der Waals surface area contributed by atoms with Crippen molar-refractivity contribution in [2.24, 2.45) is 7.05 Å². The summed E-state index contributed by atoms with van der Waals surface area (Å²) in [6, 6.07) is 12.0. The number of hydrogen-bond acceptors (Lipinski definition) is 4. The van der Waals surface area contributed by atoms with Gasteiger partial charge in [0.05, 0.1) is 5.69 Å². The molecule has 0 aliphatic carbocycles. The Morgan fingerprint density at radius 2 is 1.81 bits per heavy atom. The minimum absolute atomic E-state index is 0.233. The summed E-state index contributed by atoms with van der Waals surface area (Å²) in [4.78, 5) is 37.1. The normalized spacial score (nSPS) is 10.6. The van der Waals surface area contributed by atoms with Gasteiger partial charge in [-0.3, -0.25) is 14.2 Å². The predicted molar refractivity (Wildman–Crippen MR) is 94.2 cm³/mol. The summed E-state index contributed by atoms with van der Waals surface area (Å²) < 4.78 is 14.8. The first-order valence-electron chi connectivity index (χ1n) is 7.71. The minimum atomic E-state index is -0.821. The van der Waals surface area contributed by atoms with Gasteiger partial charge in [0.1, 0.15) is 5.82 Å². The lowest BCUT2D eigenvalue weighted by atomic mass is 10.2. The van der Waals surface area contributed by atoms with Crippen molar-refractivity contribution in [3.05, 3.63) is 86.4 Å². The maximum absolute atomic E-state index is 13.1. The molecule has 0 spiro atoms. The van der Waals surface area contributed by atoms with E-state index in [4.69, 9.17) is 0 Å². The van der Waals surface area contributed by atoms with Gasteiger partial charge in [-0.1, -0.05) is 12.1 Å². The number of aromatic nitrogens is 3. The predicted octanol–water partition coefficient (Wildman–Crippen LogP) is 1.63. The molecule has 3 aromatic rings. The molecule has 2 aromatic carbocycles. The maximum Gasteiger partial charge on any atom is 0.351 e. The summed E-state index contributed by atoms with van der Waals surface area (Å²) in [5.74, 6) is -1.23. The molecular formula is C18H15FN4O3. The third-order valence-corrected chi connectivity index (χ3v) is 3.74. The second-order valence-corrected chi connectivity index (χ2v) is 5.71. The van der Waals surface area contributed by atoms with Crippen LogP contribution in [0, 0.1) is 12.7 Å². The number of carbonyl (C=O) groups excluding carboxylic acids is 1. The van der Waals surface area contributed by atoms with Crippen LogP contribution in [-0.4, -0.2) is 20.3 Å².